The van der Waals surface area contributed by atoms with Crippen LogP contribution in [0.1, 0.15) is 35.1 Å². The Bertz CT molecular complexity index is 766. The predicted molar refractivity (Wildman–Crippen MR) is 94.0 cm³/mol. The lowest BCUT2D eigenvalue weighted by molar-refractivity contribution is 0.425. The van der Waals surface area contributed by atoms with E-state index in [1.54, 1.807) is 0 Å². The maximum absolute atomic E-state index is 6.46. The number of rotatable bonds is 1. The van der Waals surface area contributed by atoms with Crippen LogP contribution in [0.3, 0.4) is 0 Å². The van der Waals surface area contributed by atoms with Crippen LogP contribution in [0.5, 0.6) is 0 Å². The van der Waals surface area contributed by atoms with Crippen molar-refractivity contribution in [2.45, 2.75) is 25.3 Å². The minimum absolute atomic E-state index is 0.237. The van der Waals surface area contributed by atoms with Crippen LogP contribution >= 0.6 is 23.2 Å². The van der Waals surface area contributed by atoms with Crippen molar-refractivity contribution in [2.75, 3.05) is 5.32 Å². The van der Waals surface area contributed by atoms with E-state index in [1.165, 1.54) is 22.4 Å². The van der Waals surface area contributed by atoms with Gasteiger partial charge in [-0.05, 0) is 54.2 Å². The van der Waals surface area contributed by atoms with Gasteiger partial charge >= 0.3 is 0 Å². The molecule has 4 rings (SSSR count). The largest absolute Gasteiger partial charge is 0.377 e. The Hall–Kier alpha value is -1.44. The molecular weight excluding hydrogens is 313 g/mol. The van der Waals surface area contributed by atoms with Gasteiger partial charge < -0.3 is 5.32 Å². The number of fused-ring (bicyclic) bond motifs is 3. The summed E-state index contributed by atoms with van der Waals surface area (Å²) in [6, 6.07) is 12.5. The molecule has 0 bridgehead atoms. The SMILES string of the molecule is Cc1cc(Cl)cc2c1N[C@H](c1ccccc1Cl)[C@@H]1CC=C[C@H]21. The van der Waals surface area contributed by atoms with Crippen molar-refractivity contribution >= 4 is 28.9 Å². The van der Waals surface area contributed by atoms with Gasteiger partial charge in [-0.2, -0.15) is 0 Å². The molecule has 3 heteroatoms. The number of nitrogens with one attached hydrogen (secondary N) is 1. The minimum atomic E-state index is 0.237. The first-order valence-corrected chi connectivity index (χ1v) is 8.38. The summed E-state index contributed by atoms with van der Waals surface area (Å²) in [4.78, 5) is 0. The molecule has 0 radical (unpaired) electrons. The Morgan fingerprint density at radius 3 is 2.73 bits per heavy atom. The maximum atomic E-state index is 6.46. The number of anilines is 1. The van der Waals surface area contributed by atoms with Crippen molar-refractivity contribution < 1.29 is 0 Å². The molecule has 2 aliphatic rings. The number of benzene rings is 2. The number of allylic oxidation sites excluding steroid dienone is 2. The predicted octanol–water partition coefficient (Wildman–Crippen LogP) is 6.13. The van der Waals surface area contributed by atoms with E-state index in [0.717, 1.165) is 16.5 Å². The van der Waals surface area contributed by atoms with Gasteiger partial charge in [-0.25, -0.2) is 0 Å². The summed E-state index contributed by atoms with van der Waals surface area (Å²) in [6.45, 7) is 2.11. The summed E-state index contributed by atoms with van der Waals surface area (Å²) in [6.07, 6.45) is 5.68. The van der Waals surface area contributed by atoms with Gasteiger partial charge in [-0.1, -0.05) is 53.6 Å². The topological polar surface area (TPSA) is 12.0 Å². The zero-order chi connectivity index (χ0) is 15.3. The van der Waals surface area contributed by atoms with Crippen LogP contribution in [-0.4, -0.2) is 0 Å². The molecule has 0 unspecified atom stereocenters. The molecule has 0 saturated carbocycles. The van der Waals surface area contributed by atoms with Crippen LogP contribution in [-0.2, 0) is 0 Å². The fourth-order valence-electron chi connectivity index (χ4n) is 3.88. The second kappa shape index (κ2) is 5.33. The monoisotopic (exact) mass is 329 g/mol. The van der Waals surface area contributed by atoms with Gasteiger partial charge in [0.15, 0.2) is 0 Å². The normalized spacial score (nSPS) is 25.5. The lowest BCUT2D eigenvalue weighted by atomic mass is 9.76. The first-order valence-electron chi connectivity index (χ1n) is 7.63. The van der Waals surface area contributed by atoms with Crippen LogP contribution in [0, 0.1) is 12.8 Å². The Morgan fingerprint density at radius 1 is 1.09 bits per heavy atom. The molecule has 0 aromatic heterocycles. The molecule has 3 atom stereocenters. The van der Waals surface area contributed by atoms with Crippen LogP contribution in [0.4, 0.5) is 5.69 Å². The van der Waals surface area contributed by atoms with Crippen molar-refractivity contribution in [3.8, 4) is 0 Å². The van der Waals surface area contributed by atoms with Crippen molar-refractivity contribution in [1.29, 1.82) is 0 Å². The maximum Gasteiger partial charge on any atom is 0.0568 e. The third-order valence-corrected chi connectivity index (χ3v) is 5.43. The first kappa shape index (κ1) is 14.2. The van der Waals surface area contributed by atoms with E-state index in [-0.39, 0.29) is 6.04 Å². The summed E-state index contributed by atoms with van der Waals surface area (Å²) in [7, 11) is 0. The van der Waals surface area contributed by atoms with Crippen LogP contribution in [0.15, 0.2) is 48.6 Å². The van der Waals surface area contributed by atoms with Crippen molar-refractivity contribution in [3.05, 3.63) is 75.3 Å². The number of hydrogen-bond donors (Lipinski definition) is 1. The Labute approximate surface area is 140 Å². The summed E-state index contributed by atoms with van der Waals surface area (Å²) in [5.41, 5.74) is 4.90. The van der Waals surface area contributed by atoms with Gasteiger partial charge in [0.25, 0.3) is 0 Å². The summed E-state index contributed by atoms with van der Waals surface area (Å²) in [5.74, 6) is 0.903. The molecule has 1 aliphatic carbocycles. The Balaban J connectivity index is 1.86. The van der Waals surface area contributed by atoms with Crippen molar-refractivity contribution in [3.63, 3.8) is 0 Å². The van der Waals surface area contributed by atoms with E-state index < -0.39 is 0 Å². The zero-order valence-corrected chi connectivity index (χ0v) is 13.8. The standard InChI is InChI=1S/C19H17Cl2N/c1-11-9-12(20)10-16-13-6-4-7-14(13)19(22-18(11)16)15-5-2-3-8-17(15)21/h2-6,8-10,13-14,19,22H,7H2,1H3/t13-,14+,19-/m0/s1. The smallest absolute Gasteiger partial charge is 0.0568 e. The van der Waals surface area contributed by atoms with E-state index in [2.05, 4.69) is 42.6 Å². The highest BCUT2D eigenvalue weighted by molar-refractivity contribution is 6.31. The van der Waals surface area contributed by atoms with Crippen molar-refractivity contribution in [1.82, 2.24) is 0 Å². The van der Waals surface area contributed by atoms with Gasteiger partial charge in [0.2, 0.25) is 0 Å². The zero-order valence-electron chi connectivity index (χ0n) is 12.3. The summed E-state index contributed by atoms with van der Waals surface area (Å²) in [5, 5.41) is 5.39. The van der Waals surface area contributed by atoms with E-state index >= 15 is 0 Å². The molecule has 1 N–H and O–H groups in total. The Kier molecular flexibility index (Phi) is 3.43. The quantitative estimate of drug-likeness (QED) is 0.620. The third-order valence-electron chi connectivity index (χ3n) is 4.87. The highest BCUT2D eigenvalue weighted by Gasteiger charge is 2.39. The van der Waals surface area contributed by atoms with E-state index in [1.807, 2.05) is 18.2 Å². The van der Waals surface area contributed by atoms with E-state index in [0.29, 0.717) is 11.8 Å². The average molecular weight is 330 g/mol. The molecule has 2 aromatic carbocycles. The highest BCUT2D eigenvalue weighted by Crippen LogP contribution is 2.51. The molecule has 1 aliphatic heterocycles. The fraction of sp³-hybridized carbons (Fsp3) is 0.263. The molecule has 1 nitrogen and oxygen atoms in total. The summed E-state index contributed by atoms with van der Waals surface area (Å²) < 4.78 is 0. The van der Waals surface area contributed by atoms with Gasteiger partial charge in [0, 0.05) is 21.7 Å². The number of hydrogen-bond acceptors (Lipinski definition) is 1. The van der Waals surface area contributed by atoms with Crippen LogP contribution in [0.2, 0.25) is 10.0 Å². The van der Waals surface area contributed by atoms with Gasteiger partial charge in [0.1, 0.15) is 0 Å². The first-order chi connectivity index (χ1) is 10.6. The molecule has 0 spiro atoms. The molecular formula is C19H17Cl2N. The second-order valence-corrected chi connectivity index (χ2v) is 7.03. The second-order valence-electron chi connectivity index (χ2n) is 6.18. The Morgan fingerprint density at radius 2 is 1.91 bits per heavy atom. The van der Waals surface area contributed by atoms with Gasteiger partial charge in [-0.15, -0.1) is 0 Å². The molecule has 2 aromatic rings. The minimum Gasteiger partial charge on any atom is -0.377 e. The molecule has 0 fully saturated rings. The number of halogens is 2. The van der Waals surface area contributed by atoms with Crippen molar-refractivity contribution in [2.24, 2.45) is 5.92 Å². The molecule has 1 heterocycles. The molecule has 22 heavy (non-hydrogen) atoms. The lowest BCUT2D eigenvalue weighted by Gasteiger charge is -2.38. The lowest BCUT2D eigenvalue weighted by Crippen LogP contribution is -2.29. The molecule has 0 saturated heterocycles. The molecule has 112 valence electrons. The average Bonchev–Trinajstić information content (AvgIpc) is 2.97. The van der Waals surface area contributed by atoms with Crippen LogP contribution < -0.4 is 5.32 Å². The fourth-order valence-corrected chi connectivity index (χ4v) is 4.41. The number of aryl methyl sites for hydroxylation is 1. The van der Waals surface area contributed by atoms with Gasteiger partial charge in [0.05, 0.1) is 6.04 Å². The van der Waals surface area contributed by atoms with Gasteiger partial charge in [-0.3, -0.25) is 0 Å². The third kappa shape index (κ3) is 2.15. The van der Waals surface area contributed by atoms with E-state index in [9.17, 15) is 0 Å². The molecule has 0 amide bonds. The summed E-state index contributed by atoms with van der Waals surface area (Å²) >= 11 is 12.7. The highest BCUT2D eigenvalue weighted by atomic mass is 35.5. The van der Waals surface area contributed by atoms with E-state index in [4.69, 9.17) is 23.2 Å². The van der Waals surface area contributed by atoms with Crippen LogP contribution in [0.25, 0.3) is 0 Å².